The van der Waals surface area contributed by atoms with Gasteiger partial charge in [0.25, 0.3) is 0 Å². The fourth-order valence-corrected chi connectivity index (χ4v) is 3.03. The van der Waals surface area contributed by atoms with Crippen molar-refractivity contribution in [1.82, 2.24) is 10.2 Å². The van der Waals surface area contributed by atoms with E-state index < -0.39 is 0 Å². The Morgan fingerprint density at radius 3 is 2.65 bits per heavy atom. The number of carbonyl (C=O) groups excluding carboxylic acids is 2. The highest BCUT2D eigenvalue weighted by molar-refractivity contribution is 8.00. The van der Waals surface area contributed by atoms with Gasteiger partial charge in [0.15, 0.2) is 0 Å². The maximum atomic E-state index is 11.9. The molecule has 1 N–H and O–H groups in total. The summed E-state index contributed by atoms with van der Waals surface area (Å²) in [5.74, 6) is 1.05. The van der Waals surface area contributed by atoms with Gasteiger partial charge in [-0.05, 0) is 24.5 Å². The monoisotopic (exact) mass is 292 g/mol. The van der Waals surface area contributed by atoms with Gasteiger partial charge in [-0.3, -0.25) is 9.59 Å². The van der Waals surface area contributed by atoms with Crippen LogP contribution < -0.4 is 5.32 Å². The van der Waals surface area contributed by atoms with Crippen LogP contribution in [0.2, 0.25) is 0 Å². The lowest BCUT2D eigenvalue weighted by atomic mass is 10.1. The van der Waals surface area contributed by atoms with Gasteiger partial charge in [0.05, 0.1) is 17.7 Å². The molecule has 1 aliphatic rings. The lowest BCUT2D eigenvalue weighted by Crippen LogP contribution is -2.39. The molecule has 0 radical (unpaired) electrons. The first-order valence-corrected chi connectivity index (χ1v) is 7.99. The van der Waals surface area contributed by atoms with Crippen molar-refractivity contribution in [3.05, 3.63) is 35.4 Å². The van der Waals surface area contributed by atoms with Crippen LogP contribution in [0.5, 0.6) is 0 Å². The van der Waals surface area contributed by atoms with E-state index in [1.807, 2.05) is 19.1 Å². The van der Waals surface area contributed by atoms with Gasteiger partial charge in [0.2, 0.25) is 11.8 Å². The molecule has 2 rings (SSSR count). The van der Waals surface area contributed by atoms with E-state index in [1.54, 1.807) is 16.7 Å². The maximum Gasteiger partial charge on any atom is 0.240 e. The van der Waals surface area contributed by atoms with Crippen LogP contribution in [-0.2, 0) is 16.0 Å². The summed E-state index contributed by atoms with van der Waals surface area (Å²) in [5, 5.41) is 2.94. The van der Waals surface area contributed by atoms with Crippen molar-refractivity contribution >= 4 is 23.6 Å². The van der Waals surface area contributed by atoms with Gasteiger partial charge in [0.1, 0.15) is 6.54 Å². The second-order valence-corrected chi connectivity index (χ2v) is 5.91. The van der Waals surface area contributed by atoms with Gasteiger partial charge in [0, 0.05) is 0 Å². The van der Waals surface area contributed by atoms with Gasteiger partial charge >= 0.3 is 0 Å². The second-order valence-electron chi connectivity index (χ2n) is 4.95. The molecule has 1 aromatic rings. The number of thioether (sulfide) groups is 1. The Labute approximate surface area is 123 Å². The zero-order valence-electron chi connectivity index (χ0n) is 11.9. The third-order valence-corrected chi connectivity index (χ3v) is 4.37. The Hall–Kier alpha value is -1.49. The molecule has 1 heterocycles. The molecule has 2 amide bonds. The number of hydrogen-bond donors (Lipinski definition) is 1. The van der Waals surface area contributed by atoms with Crippen molar-refractivity contribution in [2.24, 2.45) is 0 Å². The molecule has 1 aliphatic heterocycles. The van der Waals surface area contributed by atoms with Crippen LogP contribution in [-0.4, -0.2) is 34.9 Å². The average molecular weight is 292 g/mol. The third-order valence-electron chi connectivity index (χ3n) is 3.43. The molecular weight excluding hydrogens is 272 g/mol. The predicted molar refractivity (Wildman–Crippen MR) is 81.4 cm³/mol. The minimum atomic E-state index is -0.104. The van der Waals surface area contributed by atoms with Crippen LogP contribution in [0.1, 0.15) is 31.0 Å². The largest absolute Gasteiger partial charge is 0.348 e. The van der Waals surface area contributed by atoms with E-state index in [9.17, 15) is 9.59 Å². The fourth-order valence-electron chi connectivity index (χ4n) is 2.13. The number of amides is 2. The van der Waals surface area contributed by atoms with Crippen LogP contribution in [0.15, 0.2) is 24.3 Å². The fraction of sp³-hybridized carbons (Fsp3) is 0.467. The van der Waals surface area contributed by atoms with Crippen molar-refractivity contribution in [3.8, 4) is 0 Å². The lowest BCUT2D eigenvalue weighted by molar-refractivity contribution is -0.132. The smallest absolute Gasteiger partial charge is 0.240 e. The van der Waals surface area contributed by atoms with Gasteiger partial charge in [-0.1, -0.05) is 31.2 Å². The van der Waals surface area contributed by atoms with Gasteiger partial charge in [-0.15, -0.1) is 11.8 Å². The maximum absolute atomic E-state index is 11.9. The number of carbonyl (C=O) groups is 2. The number of rotatable bonds is 5. The zero-order valence-corrected chi connectivity index (χ0v) is 12.7. The van der Waals surface area contributed by atoms with E-state index in [0.29, 0.717) is 11.6 Å². The van der Waals surface area contributed by atoms with Crippen LogP contribution in [0.3, 0.4) is 0 Å². The molecule has 5 heteroatoms. The Kier molecular flexibility index (Phi) is 5.06. The van der Waals surface area contributed by atoms with Crippen LogP contribution in [0.25, 0.3) is 0 Å². The number of nitrogens with zero attached hydrogens (tertiary/aromatic N) is 1. The first kappa shape index (κ1) is 14.9. The third kappa shape index (κ3) is 3.76. The summed E-state index contributed by atoms with van der Waals surface area (Å²) in [7, 11) is 0. The lowest BCUT2D eigenvalue weighted by Gasteiger charge is -2.18. The molecule has 0 aliphatic carbocycles. The molecular formula is C15H20N2O2S. The molecule has 108 valence electrons. The normalized spacial score (nSPS) is 16.3. The molecule has 1 atom stereocenters. The van der Waals surface area contributed by atoms with Gasteiger partial charge in [-0.2, -0.15) is 0 Å². The number of aryl methyl sites for hydroxylation is 1. The topological polar surface area (TPSA) is 49.4 Å². The highest BCUT2D eigenvalue weighted by atomic mass is 32.2. The summed E-state index contributed by atoms with van der Waals surface area (Å²) in [5.41, 5.74) is 2.37. The van der Waals surface area contributed by atoms with E-state index in [-0.39, 0.29) is 24.4 Å². The van der Waals surface area contributed by atoms with Crippen molar-refractivity contribution in [1.29, 1.82) is 0 Å². The van der Waals surface area contributed by atoms with Crippen molar-refractivity contribution in [3.63, 3.8) is 0 Å². The molecule has 20 heavy (non-hydrogen) atoms. The number of nitrogens with one attached hydrogen (secondary N) is 1. The van der Waals surface area contributed by atoms with Crippen molar-refractivity contribution in [2.45, 2.75) is 26.3 Å². The molecule has 1 fully saturated rings. The van der Waals surface area contributed by atoms with E-state index in [4.69, 9.17) is 0 Å². The standard InChI is InChI=1S/C15H20N2O2S/c1-3-12-4-6-13(7-5-12)11(2)16-14(18)8-17-10-20-9-15(17)19/h4-7,11H,3,8-10H2,1-2H3,(H,16,18)/t11-/m0/s1. The average Bonchev–Trinajstić information content (AvgIpc) is 2.84. The molecule has 0 saturated carbocycles. The van der Waals surface area contributed by atoms with E-state index in [2.05, 4.69) is 24.4 Å². The Bertz CT molecular complexity index is 487. The SMILES string of the molecule is CCc1ccc([C@H](C)NC(=O)CN2CSCC2=O)cc1. The Balaban J connectivity index is 1.87. The van der Waals surface area contributed by atoms with Crippen molar-refractivity contribution < 1.29 is 9.59 Å². The molecule has 0 bridgehead atoms. The van der Waals surface area contributed by atoms with Crippen LogP contribution >= 0.6 is 11.8 Å². The van der Waals surface area contributed by atoms with Crippen LogP contribution in [0, 0.1) is 0 Å². The molecule has 4 nitrogen and oxygen atoms in total. The quantitative estimate of drug-likeness (QED) is 0.902. The summed E-state index contributed by atoms with van der Waals surface area (Å²) in [4.78, 5) is 25.0. The predicted octanol–water partition coefficient (Wildman–Crippen LogP) is 1.96. The second kappa shape index (κ2) is 6.79. The minimum absolute atomic E-state index is 0.0428. The summed E-state index contributed by atoms with van der Waals surface area (Å²) >= 11 is 1.55. The first-order valence-electron chi connectivity index (χ1n) is 6.84. The van der Waals surface area contributed by atoms with Crippen LogP contribution in [0.4, 0.5) is 0 Å². The van der Waals surface area contributed by atoms with Crippen molar-refractivity contribution in [2.75, 3.05) is 18.2 Å². The molecule has 1 aromatic carbocycles. The molecule has 0 aromatic heterocycles. The Morgan fingerprint density at radius 1 is 1.40 bits per heavy atom. The summed E-state index contributed by atoms with van der Waals surface area (Å²) in [6, 6.07) is 8.21. The number of benzene rings is 1. The number of hydrogen-bond acceptors (Lipinski definition) is 3. The minimum Gasteiger partial charge on any atom is -0.348 e. The summed E-state index contributed by atoms with van der Waals surface area (Å²) < 4.78 is 0. The zero-order chi connectivity index (χ0) is 14.5. The van der Waals surface area contributed by atoms with Gasteiger partial charge < -0.3 is 10.2 Å². The van der Waals surface area contributed by atoms with E-state index >= 15 is 0 Å². The van der Waals surface area contributed by atoms with Gasteiger partial charge in [-0.25, -0.2) is 0 Å². The van der Waals surface area contributed by atoms with E-state index in [1.165, 1.54) is 5.56 Å². The summed E-state index contributed by atoms with van der Waals surface area (Å²) in [6.45, 7) is 4.23. The molecule has 0 unspecified atom stereocenters. The van der Waals surface area contributed by atoms with E-state index in [0.717, 1.165) is 12.0 Å². The summed E-state index contributed by atoms with van der Waals surface area (Å²) in [6.07, 6.45) is 1.01. The first-order chi connectivity index (χ1) is 9.60. The highest BCUT2D eigenvalue weighted by Crippen LogP contribution is 2.16. The molecule has 1 saturated heterocycles. The highest BCUT2D eigenvalue weighted by Gasteiger charge is 2.23. The Morgan fingerprint density at radius 2 is 2.10 bits per heavy atom. The molecule has 0 spiro atoms.